The predicted molar refractivity (Wildman–Crippen MR) is 106 cm³/mol. The van der Waals surface area contributed by atoms with Crippen LogP contribution in [0.3, 0.4) is 0 Å². The third kappa shape index (κ3) is 1.27. The molecule has 7 fully saturated rings. The molecule has 2 N–H and O–H groups in total. The minimum atomic E-state index is -0.213. The van der Waals surface area contributed by atoms with Crippen LogP contribution >= 0.6 is 11.3 Å². The predicted octanol–water partition coefficient (Wildman–Crippen LogP) is 4.75. The Balaban J connectivity index is 1.62. The molecular weight excluding hydrogens is 368 g/mol. The number of aromatic hydroxyl groups is 2. The first-order valence-electron chi connectivity index (χ1n) is 10.3. The van der Waals surface area contributed by atoms with Gasteiger partial charge in [0.1, 0.15) is 6.54 Å². The van der Waals surface area contributed by atoms with Crippen LogP contribution in [0.4, 0.5) is 0 Å². The van der Waals surface area contributed by atoms with E-state index in [1.165, 1.54) is 48.0 Å². The summed E-state index contributed by atoms with van der Waals surface area (Å²) >= 11 is 1.80. The molecule has 0 aromatic carbocycles. The first kappa shape index (κ1) is 15.7. The van der Waals surface area contributed by atoms with Gasteiger partial charge in [-0.05, 0) is 83.8 Å². The smallest absolute Gasteiger partial charge is 0.203 e. The highest BCUT2D eigenvalue weighted by atomic mass is 32.1. The molecule has 8 aliphatic rings. The molecule has 0 atom stereocenters. The number of rotatable bonds is 1. The van der Waals surface area contributed by atoms with Crippen molar-refractivity contribution in [1.82, 2.24) is 4.57 Å². The molecular formula is C23H22N2O2S. The Morgan fingerprint density at radius 3 is 2.50 bits per heavy atom. The van der Waals surface area contributed by atoms with Gasteiger partial charge in [-0.1, -0.05) is 6.58 Å². The average molecular weight is 391 g/mol. The van der Waals surface area contributed by atoms with E-state index in [1.54, 1.807) is 11.3 Å². The fourth-order valence-corrected chi connectivity index (χ4v) is 10.5. The van der Waals surface area contributed by atoms with Crippen molar-refractivity contribution < 1.29 is 10.2 Å². The molecule has 3 spiro atoms. The number of nitrogens with zero attached hydrogens (tertiary/aromatic N) is 2. The molecule has 4 nitrogen and oxygen atoms in total. The topological polar surface area (TPSA) is 69.2 Å². The number of aromatic nitrogens is 1. The molecule has 142 valence electrons. The molecule has 0 unspecified atom stereocenters. The van der Waals surface area contributed by atoms with Crippen LogP contribution in [0.5, 0.6) is 11.8 Å². The summed E-state index contributed by atoms with van der Waals surface area (Å²) in [5, 5.41) is 33.8. The summed E-state index contributed by atoms with van der Waals surface area (Å²) in [6.07, 6.45) is 7.57. The van der Waals surface area contributed by atoms with Crippen molar-refractivity contribution in [1.29, 1.82) is 5.26 Å². The van der Waals surface area contributed by atoms with Crippen molar-refractivity contribution in [3.05, 3.63) is 39.6 Å². The summed E-state index contributed by atoms with van der Waals surface area (Å²) in [6, 6.07) is 4.24. The molecule has 0 radical (unpaired) electrons. The van der Waals surface area contributed by atoms with Crippen LogP contribution in [0.2, 0.25) is 0 Å². The Labute approximate surface area is 167 Å². The molecule has 0 aliphatic heterocycles. The van der Waals surface area contributed by atoms with Crippen molar-refractivity contribution in [3.8, 4) is 17.8 Å². The van der Waals surface area contributed by atoms with Gasteiger partial charge in [-0.25, -0.2) is 0 Å². The third-order valence-electron chi connectivity index (χ3n) is 9.10. The molecule has 0 saturated heterocycles. The van der Waals surface area contributed by atoms with Gasteiger partial charge in [-0.2, -0.15) is 5.26 Å². The maximum atomic E-state index is 11.4. The van der Waals surface area contributed by atoms with Crippen LogP contribution in [-0.4, -0.2) is 14.8 Å². The second kappa shape index (κ2) is 4.36. The lowest BCUT2D eigenvalue weighted by Gasteiger charge is -2.83. The Kier molecular flexibility index (Phi) is 2.44. The van der Waals surface area contributed by atoms with Crippen molar-refractivity contribution in [2.75, 3.05) is 0 Å². The molecule has 10 rings (SSSR count). The second-order valence-electron chi connectivity index (χ2n) is 10.1. The van der Waals surface area contributed by atoms with Gasteiger partial charge < -0.3 is 10.2 Å². The maximum Gasteiger partial charge on any atom is 0.203 e. The molecule has 5 heteroatoms. The number of thiophene rings is 1. The summed E-state index contributed by atoms with van der Waals surface area (Å²) < 4.78 is 1.39. The van der Waals surface area contributed by atoms with Gasteiger partial charge >= 0.3 is 0 Å². The monoisotopic (exact) mass is 390 g/mol. The first-order valence-corrected chi connectivity index (χ1v) is 11.2. The van der Waals surface area contributed by atoms with E-state index < -0.39 is 0 Å². The molecule has 0 amide bonds. The van der Waals surface area contributed by atoms with Gasteiger partial charge in [0.25, 0.3) is 0 Å². The van der Waals surface area contributed by atoms with Gasteiger partial charge in [0, 0.05) is 15.9 Å². The van der Waals surface area contributed by atoms with Crippen molar-refractivity contribution in [2.45, 2.75) is 50.5 Å². The first-order chi connectivity index (χ1) is 13.5. The van der Waals surface area contributed by atoms with E-state index >= 15 is 0 Å². The van der Waals surface area contributed by atoms with E-state index in [4.69, 9.17) is 0 Å². The van der Waals surface area contributed by atoms with Gasteiger partial charge in [0.2, 0.25) is 5.88 Å². The van der Waals surface area contributed by atoms with E-state index in [0.29, 0.717) is 5.56 Å². The summed E-state index contributed by atoms with van der Waals surface area (Å²) in [5.41, 5.74) is 3.70. The minimum Gasteiger partial charge on any atom is -0.494 e. The van der Waals surface area contributed by atoms with Crippen LogP contribution in [-0.2, 0) is 12.0 Å². The Bertz CT molecular complexity index is 1100. The van der Waals surface area contributed by atoms with Crippen molar-refractivity contribution in [2.24, 2.45) is 22.7 Å². The molecule has 28 heavy (non-hydrogen) atoms. The van der Waals surface area contributed by atoms with Crippen LogP contribution in [0.1, 0.15) is 60.1 Å². The lowest BCUT2D eigenvalue weighted by atomic mass is 9.20. The highest BCUT2D eigenvalue weighted by Gasteiger charge is 2.83. The molecule has 8 aliphatic carbocycles. The van der Waals surface area contributed by atoms with E-state index in [9.17, 15) is 15.5 Å². The van der Waals surface area contributed by atoms with Crippen LogP contribution in [0.15, 0.2) is 18.0 Å². The maximum absolute atomic E-state index is 11.4. The summed E-state index contributed by atoms with van der Waals surface area (Å²) in [4.78, 5) is 1.36. The Morgan fingerprint density at radius 2 is 1.86 bits per heavy atom. The molecule has 2 aromatic heterocycles. The minimum absolute atomic E-state index is 0.0104. The lowest BCUT2D eigenvalue weighted by molar-refractivity contribution is -0.282. The van der Waals surface area contributed by atoms with Crippen LogP contribution in [0.25, 0.3) is 5.57 Å². The highest BCUT2D eigenvalue weighted by Crippen LogP contribution is 2.89. The number of fused-ring (bicyclic) bond motifs is 2. The van der Waals surface area contributed by atoms with Crippen LogP contribution < -0.4 is 0 Å². The lowest BCUT2D eigenvalue weighted by Crippen LogP contribution is -2.78. The van der Waals surface area contributed by atoms with E-state index in [0.717, 1.165) is 28.5 Å². The number of hydrogen-bond donors (Lipinski definition) is 2. The van der Waals surface area contributed by atoms with Gasteiger partial charge in [0.15, 0.2) is 5.88 Å². The summed E-state index contributed by atoms with van der Waals surface area (Å²) in [7, 11) is 0. The zero-order valence-corrected chi connectivity index (χ0v) is 16.5. The molecule has 7 saturated carbocycles. The number of nitriles is 1. The quantitative estimate of drug-likeness (QED) is 0.738. The zero-order chi connectivity index (χ0) is 19.1. The highest BCUT2D eigenvalue weighted by molar-refractivity contribution is 7.10. The fraction of sp³-hybridized carbons (Fsp3) is 0.522. The Morgan fingerprint density at radius 1 is 1.18 bits per heavy atom. The zero-order valence-electron chi connectivity index (χ0n) is 15.7. The van der Waals surface area contributed by atoms with Crippen molar-refractivity contribution in [3.63, 3.8) is 0 Å². The molecule has 2 heterocycles. The van der Waals surface area contributed by atoms with Gasteiger partial charge in [-0.15, -0.1) is 11.3 Å². The summed E-state index contributed by atoms with van der Waals surface area (Å²) in [6.45, 7) is 4.27. The standard InChI is InChI=1S/C23H22N2O2S/c1-12-15-2-5-28-18(15)23(17-16(12)19(26)25(4-3-24)20(17)27)21-7-13-6-14(9-21)10-22(23,8-13)11-21/h2,5,13-14,26-27H,1,4,6-11H2. The third-order valence-corrected chi connectivity index (χ3v) is 10.1. The normalized spacial score (nSPS) is 40.9. The fourth-order valence-electron chi connectivity index (χ4n) is 9.15. The molecule has 2 aromatic rings. The average Bonchev–Trinajstić information content (AvgIpc) is 3.21. The largest absolute Gasteiger partial charge is 0.494 e. The van der Waals surface area contributed by atoms with E-state index in [2.05, 4.69) is 24.1 Å². The second-order valence-corrected chi connectivity index (χ2v) is 11.0. The molecule has 4 bridgehead atoms. The SMILES string of the molecule is C=C1c2ccsc2C2(c3c1c(O)n(CC#N)c3O)C13CC4CC(C1)CC2(C4)C3. The van der Waals surface area contributed by atoms with E-state index in [-0.39, 0.29) is 34.5 Å². The van der Waals surface area contributed by atoms with Crippen molar-refractivity contribution >= 4 is 16.9 Å². The van der Waals surface area contributed by atoms with Gasteiger partial charge in [-0.3, -0.25) is 4.57 Å². The summed E-state index contributed by atoms with van der Waals surface area (Å²) in [5.74, 6) is 1.75. The van der Waals surface area contributed by atoms with E-state index in [1.807, 2.05) is 0 Å². The van der Waals surface area contributed by atoms with Gasteiger partial charge in [0.05, 0.1) is 11.6 Å². The number of hydrogen-bond acceptors (Lipinski definition) is 4. The Hall–Kier alpha value is -2.19. The van der Waals surface area contributed by atoms with Crippen LogP contribution in [0, 0.1) is 34.0 Å².